The van der Waals surface area contributed by atoms with Gasteiger partial charge in [-0.25, -0.2) is 0 Å². The van der Waals surface area contributed by atoms with Gasteiger partial charge in [-0.15, -0.1) is 26.3 Å². The van der Waals surface area contributed by atoms with Gasteiger partial charge < -0.3 is 29.5 Å². The Morgan fingerprint density at radius 1 is 0.691 bits per heavy atom. The SMILES string of the molecule is C=CCCC(=O)OC[C@@]12C(CC(C)(C)[C@@H](O)[C@@H]1O)C[C@](C)([C@]1(C)CCC3[C@](C)(CC[C@H](OC(=O)CCC=C)[C@]3(C)COC(=O)CCC=C)C1CC=C)C[C@H]2O. The largest absolute Gasteiger partial charge is 0.465 e. The van der Waals surface area contributed by atoms with Crippen LogP contribution >= 0.6 is 0 Å². The van der Waals surface area contributed by atoms with E-state index in [4.69, 9.17) is 14.2 Å². The molecule has 9 heteroatoms. The number of hydrogen-bond donors (Lipinski definition) is 3. The molecule has 0 aromatic heterocycles. The molecule has 55 heavy (non-hydrogen) atoms. The molecule has 0 saturated heterocycles. The first-order chi connectivity index (χ1) is 25.8. The Kier molecular flexibility index (Phi) is 14.2. The number of aliphatic hydroxyl groups excluding tert-OH is 3. The average molecular weight is 769 g/mol. The normalized spacial score (nSPS) is 40.7. The first-order valence-corrected chi connectivity index (χ1v) is 20.7. The third kappa shape index (κ3) is 8.32. The highest BCUT2D eigenvalue weighted by Crippen LogP contribution is 2.73. The molecule has 310 valence electrons. The van der Waals surface area contributed by atoms with Gasteiger partial charge in [-0.1, -0.05) is 65.8 Å². The molecule has 0 radical (unpaired) electrons. The summed E-state index contributed by atoms with van der Waals surface area (Å²) in [5, 5.41) is 35.8. The van der Waals surface area contributed by atoms with Crippen molar-refractivity contribution in [1.29, 1.82) is 0 Å². The summed E-state index contributed by atoms with van der Waals surface area (Å²) in [6, 6.07) is 0. The molecule has 0 bridgehead atoms. The Bertz CT molecular complexity index is 1440. The van der Waals surface area contributed by atoms with Gasteiger partial charge in [-0.05, 0) is 110 Å². The van der Waals surface area contributed by atoms with Gasteiger partial charge in [0.1, 0.15) is 19.3 Å². The monoisotopic (exact) mass is 769 g/mol. The van der Waals surface area contributed by atoms with Crippen LogP contribution in [0, 0.1) is 50.2 Å². The molecule has 4 saturated carbocycles. The van der Waals surface area contributed by atoms with Crippen molar-refractivity contribution in [2.45, 2.75) is 156 Å². The highest BCUT2D eigenvalue weighted by molar-refractivity contribution is 5.70. The summed E-state index contributed by atoms with van der Waals surface area (Å²) in [6.45, 7) is 28.5. The Morgan fingerprint density at radius 2 is 1.25 bits per heavy atom. The molecule has 4 aliphatic carbocycles. The molecule has 0 heterocycles. The van der Waals surface area contributed by atoms with Crippen LogP contribution in [0.25, 0.3) is 0 Å². The topological polar surface area (TPSA) is 140 Å². The van der Waals surface area contributed by atoms with Crippen LogP contribution in [0.2, 0.25) is 0 Å². The summed E-state index contributed by atoms with van der Waals surface area (Å²) >= 11 is 0. The van der Waals surface area contributed by atoms with Crippen LogP contribution in [0.5, 0.6) is 0 Å². The lowest BCUT2D eigenvalue weighted by atomic mass is 9.35. The number of esters is 3. The fraction of sp³-hybridized carbons (Fsp3) is 0.761. The molecular formula is C46H72O9. The number of fused-ring (bicyclic) bond motifs is 2. The van der Waals surface area contributed by atoms with Crippen LogP contribution in [0.4, 0.5) is 0 Å². The number of carbonyl (C=O) groups is 3. The molecule has 0 aromatic carbocycles. The molecule has 3 unspecified atom stereocenters. The highest BCUT2D eigenvalue weighted by atomic mass is 16.6. The van der Waals surface area contributed by atoms with Gasteiger partial charge in [0, 0.05) is 24.7 Å². The molecule has 0 aromatic rings. The molecule has 0 amide bonds. The van der Waals surface area contributed by atoms with Crippen molar-refractivity contribution in [2.75, 3.05) is 13.2 Å². The lowest BCUT2D eigenvalue weighted by Gasteiger charge is -2.70. The molecule has 4 fully saturated rings. The first-order valence-electron chi connectivity index (χ1n) is 20.7. The van der Waals surface area contributed by atoms with E-state index in [-0.39, 0.29) is 73.0 Å². The number of carbonyl (C=O) groups excluding carboxylic acids is 3. The maximum absolute atomic E-state index is 13.1. The molecule has 0 spiro atoms. The minimum absolute atomic E-state index is 0.0490. The van der Waals surface area contributed by atoms with E-state index in [1.54, 1.807) is 18.2 Å². The maximum atomic E-state index is 13.1. The number of allylic oxidation sites excluding steroid dienone is 4. The average Bonchev–Trinajstić information content (AvgIpc) is 3.12. The third-order valence-corrected chi connectivity index (χ3v) is 15.7. The van der Waals surface area contributed by atoms with Gasteiger partial charge in [0.2, 0.25) is 0 Å². The number of hydrogen-bond acceptors (Lipinski definition) is 9. The minimum atomic E-state index is -1.28. The number of ether oxygens (including phenoxy) is 3. The fourth-order valence-corrected chi connectivity index (χ4v) is 12.3. The smallest absolute Gasteiger partial charge is 0.306 e. The molecular weight excluding hydrogens is 696 g/mol. The third-order valence-electron chi connectivity index (χ3n) is 15.7. The zero-order chi connectivity index (χ0) is 41.0. The Labute approximate surface area is 331 Å². The first kappa shape index (κ1) is 45.0. The van der Waals surface area contributed by atoms with Gasteiger partial charge in [-0.3, -0.25) is 14.4 Å². The zero-order valence-electron chi connectivity index (χ0n) is 34.8. The van der Waals surface area contributed by atoms with E-state index in [2.05, 4.69) is 54.0 Å². The Balaban J connectivity index is 1.74. The van der Waals surface area contributed by atoms with Gasteiger partial charge in [0.15, 0.2) is 0 Å². The zero-order valence-corrected chi connectivity index (χ0v) is 34.8. The maximum Gasteiger partial charge on any atom is 0.306 e. The summed E-state index contributed by atoms with van der Waals surface area (Å²) in [6.07, 6.45) is 10.7. The minimum Gasteiger partial charge on any atom is -0.465 e. The quantitative estimate of drug-likeness (QED) is 0.0759. The Morgan fingerprint density at radius 3 is 1.82 bits per heavy atom. The van der Waals surface area contributed by atoms with Crippen molar-refractivity contribution in [3.8, 4) is 0 Å². The van der Waals surface area contributed by atoms with E-state index in [9.17, 15) is 29.7 Å². The fourth-order valence-electron chi connectivity index (χ4n) is 12.3. The van der Waals surface area contributed by atoms with E-state index in [0.29, 0.717) is 44.9 Å². The van der Waals surface area contributed by atoms with Crippen molar-refractivity contribution in [2.24, 2.45) is 50.2 Å². The lowest BCUT2D eigenvalue weighted by Crippen LogP contribution is -2.70. The second-order valence-corrected chi connectivity index (χ2v) is 19.3. The van der Waals surface area contributed by atoms with Gasteiger partial charge in [0.25, 0.3) is 0 Å². The molecule has 12 atom stereocenters. The van der Waals surface area contributed by atoms with Crippen LogP contribution < -0.4 is 0 Å². The van der Waals surface area contributed by atoms with E-state index in [1.165, 1.54) is 0 Å². The number of aliphatic hydroxyl groups is 3. The predicted octanol–water partition coefficient (Wildman–Crippen LogP) is 8.21. The molecule has 4 aliphatic rings. The second kappa shape index (κ2) is 17.4. The summed E-state index contributed by atoms with van der Waals surface area (Å²) in [5.74, 6) is -1.07. The van der Waals surface area contributed by atoms with Crippen LogP contribution in [0.15, 0.2) is 50.6 Å². The Hall–Kier alpha value is -2.75. The van der Waals surface area contributed by atoms with Crippen molar-refractivity contribution in [1.82, 2.24) is 0 Å². The summed E-state index contributed by atoms with van der Waals surface area (Å²) in [5.41, 5.74) is -3.47. The van der Waals surface area contributed by atoms with E-state index in [0.717, 1.165) is 25.7 Å². The molecule has 3 N–H and O–H groups in total. The molecule has 9 nitrogen and oxygen atoms in total. The molecule has 4 rings (SSSR count). The second-order valence-electron chi connectivity index (χ2n) is 19.3. The van der Waals surface area contributed by atoms with Crippen LogP contribution in [-0.2, 0) is 28.6 Å². The van der Waals surface area contributed by atoms with Crippen molar-refractivity contribution in [3.63, 3.8) is 0 Å². The van der Waals surface area contributed by atoms with Crippen molar-refractivity contribution >= 4 is 17.9 Å². The standard InChI is InChI=1S/C46H72O9/c1-11-15-19-36(48)53-29-44(9)32-22-25-45(10,33(18-14-4)43(32,8)24-23-35(44)55-38(50)21-17-13-3)42(7)27-31-26-41(5,6)39(51)40(52)46(31,34(47)28-42)30-54-37(49)20-16-12-2/h11-14,31-35,39-40,47,51-52H,1-4,15-30H2,5-10H3/t31?,32?,33?,34-,35+,39+,40+,42+,43+,44-,45-,46+/m1/s1. The summed E-state index contributed by atoms with van der Waals surface area (Å²) in [4.78, 5) is 38.8. The van der Waals surface area contributed by atoms with Crippen LogP contribution in [-0.4, -0.2) is 70.9 Å². The van der Waals surface area contributed by atoms with Gasteiger partial charge in [-0.2, -0.15) is 0 Å². The van der Waals surface area contributed by atoms with Crippen LogP contribution in [0.3, 0.4) is 0 Å². The van der Waals surface area contributed by atoms with E-state index in [1.807, 2.05) is 19.9 Å². The van der Waals surface area contributed by atoms with Gasteiger partial charge >= 0.3 is 17.9 Å². The van der Waals surface area contributed by atoms with E-state index < -0.39 is 52.0 Å². The lowest BCUT2D eigenvalue weighted by molar-refractivity contribution is -0.277. The van der Waals surface area contributed by atoms with Crippen molar-refractivity contribution in [3.05, 3.63) is 50.6 Å². The van der Waals surface area contributed by atoms with Gasteiger partial charge in [0.05, 0.1) is 23.7 Å². The molecule has 0 aliphatic heterocycles. The highest BCUT2D eigenvalue weighted by Gasteiger charge is 2.70. The number of rotatable bonds is 17. The van der Waals surface area contributed by atoms with Crippen LogP contribution in [0.1, 0.15) is 131 Å². The van der Waals surface area contributed by atoms with E-state index >= 15 is 0 Å². The van der Waals surface area contributed by atoms with Crippen molar-refractivity contribution < 1.29 is 43.9 Å². The summed E-state index contributed by atoms with van der Waals surface area (Å²) < 4.78 is 18.1. The predicted molar refractivity (Wildman–Crippen MR) is 214 cm³/mol. The summed E-state index contributed by atoms with van der Waals surface area (Å²) in [7, 11) is 0.